The predicted molar refractivity (Wildman–Crippen MR) is 140 cm³/mol. The zero-order valence-corrected chi connectivity index (χ0v) is 22.1. The maximum Gasteiger partial charge on any atom is 0.343 e. The number of methoxy groups -OCH3 is 3. The number of hydrogen-bond donors (Lipinski definition) is 2. The molecule has 10 nitrogen and oxygen atoms in total. The molecule has 0 aliphatic carbocycles. The van der Waals surface area contributed by atoms with Crippen molar-refractivity contribution in [3.63, 3.8) is 0 Å². The fraction of sp³-hybridized carbons (Fsp3) is 0.192. The van der Waals surface area contributed by atoms with E-state index in [0.717, 1.165) is 0 Å². The average Bonchev–Trinajstić information content (AvgIpc) is 2.90. The van der Waals surface area contributed by atoms with Gasteiger partial charge in [0.25, 0.3) is 5.91 Å². The average molecular weight is 573 g/mol. The smallest absolute Gasteiger partial charge is 0.343 e. The van der Waals surface area contributed by atoms with Crippen molar-refractivity contribution in [1.29, 1.82) is 0 Å². The standard InChI is InChI=1S/C26H25BrN2O8/c1-5-36-21-10-15(14-28-29-25(31)18-13-17(27)7-8-19(18)30)6-9-20(21)37-26(32)16-11-22(33-2)24(35-4)23(12-16)34-3/h6-14,30H,5H2,1-4H3,(H,29,31)/b28-14+. The molecule has 37 heavy (non-hydrogen) atoms. The summed E-state index contributed by atoms with van der Waals surface area (Å²) >= 11 is 3.25. The molecule has 0 atom stereocenters. The summed E-state index contributed by atoms with van der Waals surface area (Å²) in [7, 11) is 4.36. The number of phenolic OH excluding ortho intramolecular Hbond substituents is 1. The third-order valence-electron chi connectivity index (χ3n) is 4.95. The van der Waals surface area contributed by atoms with Crippen molar-refractivity contribution in [2.75, 3.05) is 27.9 Å². The second-order valence-electron chi connectivity index (χ2n) is 7.30. The van der Waals surface area contributed by atoms with Gasteiger partial charge in [-0.2, -0.15) is 5.10 Å². The Morgan fingerprint density at radius 2 is 1.65 bits per heavy atom. The van der Waals surface area contributed by atoms with Crippen molar-refractivity contribution in [1.82, 2.24) is 5.43 Å². The van der Waals surface area contributed by atoms with Gasteiger partial charge in [-0.1, -0.05) is 15.9 Å². The minimum atomic E-state index is -0.664. The lowest BCUT2D eigenvalue weighted by Crippen LogP contribution is -2.17. The number of nitrogens with zero attached hydrogens (tertiary/aromatic N) is 1. The van der Waals surface area contributed by atoms with Crippen LogP contribution in [0.1, 0.15) is 33.2 Å². The lowest BCUT2D eigenvalue weighted by molar-refractivity contribution is 0.0727. The highest BCUT2D eigenvalue weighted by atomic mass is 79.9. The number of halogens is 1. The normalized spacial score (nSPS) is 10.6. The molecule has 0 aliphatic rings. The van der Waals surface area contributed by atoms with Gasteiger partial charge in [-0.05, 0) is 61.0 Å². The van der Waals surface area contributed by atoms with Crippen LogP contribution in [-0.4, -0.2) is 51.1 Å². The molecule has 0 fully saturated rings. The molecule has 0 spiro atoms. The molecule has 0 saturated carbocycles. The van der Waals surface area contributed by atoms with Crippen LogP contribution in [0.25, 0.3) is 0 Å². The highest BCUT2D eigenvalue weighted by Gasteiger charge is 2.20. The first-order valence-corrected chi connectivity index (χ1v) is 11.7. The Kier molecular flexibility index (Phi) is 9.33. The molecule has 3 aromatic carbocycles. The second kappa shape index (κ2) is 12.6. The molecule has 2 N–H and O–H groups in total. The van der Waals surface area contributed by atoms with Crippen LogP contribution in [0.2, 0.25) is 0 Å². The molecule has 0 heterocycles. The molecule has 0 aliphatic heterocycles. The van der Waals surface area contributed by atoms with Gasteiger partial charge in [0.2, 0.25) is 5.75 Å². The van der Waals surface area contributed by atoms with Gasteiger partial charge in [0.15, 0.2) is 23.0 Å². The van der Waals surface area contributed by atoms with Gasteiger partial charge in [0.05, 0.1) is 45.3 Å². The van der Waals surface area contributed by atoms with E-state index >= 15 is 0 Å². The Labute approximate surface area is 221 Å². The van der Waals surface area contributed by atoms with Crippen LogP contribution in [0.15, 0.2) is 58.1 Å². The summed E-state index contributed by atoms with van der Waals surface area (Å²) in [6, 6.07) is 12.2. The Bertz CT molecular complexity index is 1300. The van der Waals surface area contributed by atoms with Crippen LogP contribution in [-0.2, 0) is 0 Å². The number of esters is 1. The van der Waals surface area contributed by atoms with E-state index in [1.807, 2.05) is 0 Å². The van der Waals surface area contributed by atoms with Crippen LogP contribution in [0, 0.1) is 0 Å². The lowest BCUT2D eigenvalue weighted by atomic mass is 10.1. The zero-order chi connectivity index (χ0) is 26.9. The van der Waals surface area contributed by atoms with E-state index in [0.29, 0.717) is 39.6 Å². The van der Waals surface area contributed by atoms with Crippen molar-refractivity contribution in [3.05, 3.63) is 69.7 Å². The minimum absolute atomic E-state index is 0.0654. The number of benzene rings is 3. The number of nitrogens with one attached hydrogen (secondary N) is 1. The van der Waals surface area contributed by atoms with Crippen molar-refractivity contribution >= 4 is 34.0 Å². The van der Waals surface area contributed by atoms with Crippen molar-refractivity contribution in [2.45, 2.75) is 6.92 Å². The first-order valence-electron chi connectivity index (χ1n) is 10.9. The fourth-order valence-corrected chi connectivity index (χ4v) is 3.59. The number of hydrazone groups is 1. The number of hydrogen-bond acceptors (Lipinski definition) is 9. The molecule has 0 aromatic heterocycles. The first-order chi connectivity index (χ1) is 17.8. The Hall–Kier alpha value is -4.25. The third kappa shape index (κ3) is 6.70. The van der Waals surface area contributed by atoms with Gasteiger partial charge in [-0.15, -0.1) is 0 Å². The monoisotopic (exact) mass is 572 g/mol. The molecule has 11 heteroatoms. The largest absolute Gasteiger partial charge is 0.507 e. The molecule has 3 rings (SSSR count). The SMILES string of the molecule is CCOc1cc(/C=N/NC(=O)c2cc(Br)ccc2O)ccc1OC(=O)c1cc(OC)c(OC)c(OC)c1. The van der Waals surface area contributed by atoms with E-state index < -0.39 is 11.9 Å². The summed E-state index contributed by atoms with van der Waals surface area (Å²) in [5.74, 6) is 0.0187. The van der Waals surface area contributed by atoms with Crippen LogP contribution in [0.4, 0.5) is 0 Å². The van der Waals surface area contributed by atoms with E-state index in [4.69, 9.17) is 23.7 Å². The minimum Gasteiger partial charge on any atom is -0.507 e. The number of amides is 1. The van der Waals surface area contributed by atoms with Gasteiger partial charge < -0.3 is 28.8 Å². The van der Waals surface area contributed by atoms with E-state index in [1.54, 1.807) is 31.2 Å². The van der Waals surface area contributed by atoms with Gasteiger partial charge in [0.1, 0.15) is 5.75 Å². The van der Waals surface area contributed by atoms with E-state index in [1.165, 1.54) is 51.8 Å². The summed E-state index contributed by atoms with van der Waals surface area (Å²) in [5.41, 5.74) is 3.17. The summed E-state index contributed by atoms with van der Waals surface area (Å²) in [5, 5.41) is 13.8. The van der Waals surface area contributed by atoms with E-state index in [9.17, 15) is 14.7 Å². The van der Waals surface area contributed by atoms with Crippen LogP contribution in [0.3, 0.4) is 0 Å². The number of ether oxygens (including phenoxy) is 5. The predicted octanol–water partition coefficient (Wildman–Crippen LogP) is 4.56. The highest BCUT2D eigenvalue weighted by molar-refractivity contribution is 9.10. The summed E-state index contributed by atoms with van der Waals surface area (Å²) in [4.78, 5) is 25.2. The molecule has 1 amide bonds. The summed E-state index contributed by atoms with van der Waals surface area (Å²) < 4.78 is 27.7. The molecule has 0 bridgehead atoms. The van der Waals surface area contributed by atoms with Gasteiger partial charge in [-0.3, -0.25) is 4.79 Å². The number of rotatable bonds is 10. The van der Waals surface area contributed by atoms with Crippen molar-refractivity contribution in [2.24, 2.45) is 5.10 Å². The maximum absolute atomic E-state index is 12.9. The maximum atomic E-state index is 12.9. The van der Waals surface area contributed by atoms with Gasteiger partial charge >= 0.3 is 5.97 Å². The zero-order valence-electron chi connectivity index (χ0n) is 20.5. The molecule has 0 radical (unpaired) electrons. The van der Waals surface area contributed by atoms with Crippen LogP contribution < -0.4 is 29.1 Å². The van der Waals surface area contributed by atoms with E-state index in [-0.39, 0.29) is 22.6 Å². The van der Waals surface area contributed by atoms with Gasteiger partial charge in [-0.25, -0.2) is 10.2 Å². The number of carbonyl (C=O) groups is 2. The van der Waals surface area contributed by atoms with Crippen LogP contribution >= 0.6 is 15.9 Å². The van der Waals surface area contributed by atoms with Crippen molar-refractivity contribution in [3.8, 4) is 34.5 Å². The lowest BCUT2D eigenvalue weighted by Gasteiger charge is -2.15. The third-order valence-corrected chi connectivity index (χ3v) is 5.45. The highest BCUT2D eigenvalue weighted by Crippen LogP contribution is 2.39. The molecule has 0 saturated heterocycles. The molecular weight excluding hydrogens is 548 g/mol. The Morgan fingerprint density at radius 1 is 0.946 bits per heavy atom. The topological polar surface area (TPSA) is 125 Å². The molecule has 194 valence electrons. The Balaban J connectivity index is 1.78. The summed E-state index contributed by atoms with van der Waals surface area (Å²) in [6.45, 7) is 2.10. The number of carbonyl (C=O) groups excluding carboxylic acids is 2. The molecular formula is C26H25BrN2O8. The second-order valence-corrected chi connectivity index (χ2v) is 8.22. The number of aromatic hydroxyl groups is 1. The fourth-order valence-electron chi connectivity index (χ4n) is 3.23. The van der Waals surface area contributed by atoms with E-state index in [2.05, 4.69) is 26.5 Å². The quantitative estimate of drug-likeness (QED) is 0.157. The summed E-state index contributed by atoms with van der Waals surface area (Å²) in [6.07, 6.45) is 1.39. The van der Waals surface area contributed by atoms with Crippen molar-refractivity contribution < 1.29 is 38.4 Å². The first kappa shape index (κ1) is 27.3. The number of phenols is 1. The molecule has 3 aromatic rings. The van der Waals surface area contributed by atoms with Gasteiger partial charge in [0, 0.05) is 4.47 Å². The van der Waals surface area contributed by atoms with Crippen LogP contribution in [0.5, 0.6) is 34.5 Å². The molecule has 0 unspecified atom stereocenters. The Morgan fingerprint density at radius 3 is 2.27 bits per heavy atom.